The molecule has 3 amide bonds. The van der Waals surface area contributed by atoms with E-state index >= 15 is 0 Å². The molecule has 39 heavy (non-hydrogen) atoms. The zero-order valence-electron chi connectivity index (χ0n) is 22.5. The molecule has 3 aromatic carbocycles. The van der Waals surface area contributed by atoms with E-state index in [9.17, 15) is 9.59 Å². The molecule has 0 radical (unpaired) electrons. The Kier molecular flexibility index (Phi) is 6.67. The van der Waals surface area contributed by atoms with Crippen LogP contribution in [0.5, 0.6) is 11.5 Å². The molecule has 2 atom stereocenters. The molecule has 2 bridgehead atoms. The first-order valence-electron chi connectivity index (χ1n) is 13.9. The van der Waals surface area contributed by atoms with Gasteiger partial charge in [-0.3, -0.25) is 9.69 Å². The Hall–Kier alpha value is -4.00. The summed E-state index contributed by atoms with van der Waals surface area (Å²) < 4.78 is 12.8. The maximum atomic E-state index is 13.4. The lowest BCUT2D eigenvalue weighted by molar-refractivity contribution is 0.0329. The SMILES string of the molecule is Cc1ccc(CCNC(=O)c2cccc(N3C(=O)NC4CC3(C)Oc3c(OCC5CCC5)cccc34)c2)cc1. The van der Waals surface area contributed by atoms with Crippen LogP contribution in [0.25, 0.3) is 0 Å². The number of carbonyl (C=O) groups is 2. The Morgan fingerprint density at radius 3 is 2.69 bits per heavy atom. The summed E-state index contributed by atoms with van der Waals surface area (Å²) >= 11 is 0. The van der Waals surface area contributed by atoms with Gasteiger partial charge in [0.05, 0.1) is 18.3 Å². The number of nitrogens with one attached hydrogen (secondary N) is 2. The highest BCUT2D eigenvalue weighted by atomic mass is 16.5. The van der Waals surface area contributed by atoms with Crippen molar-refractivity contribution in [1.82, 2.24) is 10.6 Å². The molecule has 2 unspecified atom stereocenters. The number of carbonyl (C=O) groups excluding carboxylic acids is 2. The number of urea groups is 1. The molecule has 2 aliphatic heterocycles. The number of nitrogens with zero attached hydrogens (tertiary/aromatic N) is 1. The van der Waals surface area contributed by atoms with Gasteiger partial charge in [0.25, 0.3) is 5.91 Å². The molecule has 6 rings (SSSR count). The van der Waals surface area contributed by atoms with Crippen LogP contribution in [-0.4, -0.2) is 30.8 Å². The van der Waals surface area contributed by atoms with Gasteiger partial charge in [0.2, 0.25) is 0 Å². The van der Waals surface area contributed by atoms with E-state index in [2.05, 4.69) is 41.8 Å². The molecular weight excluding hydrogens is 490 g/mol. The number of hydrogen-bond acceptors (Lipinski definition) is 4. The zero-order chi connectivity index (χ0) is 27.0. The molecule has 2 fully saturated rings. The second kappa shape index (κ2) is 10.3. The first kappa shape index (κ1) is 25.3. The fourth-order valence-electron chi connectivity index (χ4n) is 5.70. The highest BCUT2D eigenvalue weighted by molar-refractivity contribution is 5.99. The quantitative estimate of drug-likeness (QED) is 0.383. The lowest BCUT2D eigenvalue weighted by Gasteiger charge is -2.50. The topological polar surface area (TPSA) is 79.9 Å². The molecule has 202 valence electrons. The maximum absolute atomic E-state index is 13.4. The van der Waals surface area contributed by atoms with Gasteiger partial charge in [-0.05, 0) is 68.9 Å². The summed E-state index contributed by atoms with van der Waals surface area (Å²) in [4.78, 5) is 28.0. The largest absolute Gasteiger partial charge is 0.489 e. The zero-order valence-corrected chi connectivity index (χ0v) is 22.5. The highest BCUT2D eigenvalue weighted by Gasteiger charge is 2.50. The summed E-state index contributed by atoms with van der Waals surface area (Å²) in [7, 11) is 0. The minimum absolute atomic E-state index is 0.175. The third-order valence-corrected chi connectivity index (χ3v) is 8.15. The van der Waals surface area contributed by atoms with Gasteiger partial charge in [0.1, 0.15) is 0 Å². The van der Waals surface area contributed by atoms with Crippen LogP contribution >= 0.6 is 0 Å². The molecule has 1 saturated carbocycles. The molecule has 2 N–H and O–H groups in total. The van der Waals surface area contributed by atoms with Crippen molar-refractivity contribution in [2.24, 2.45) is 5.92 Å². The predicted molar refractivity (Wildman–Crippen MR) is 150 cm³/mol. The summed E-state index contributed by atoms with van der Waals surface area (Å²) in [5.74, 6) is 1.83. The van der Waals surface area contributed by atoms with Crippen molar-refractivity contribution in [2.75, 3.05) is 18.1 Å². The highest BCUT2D eigenvalue weighted by Crippen LogP contribution is 2.49. The fourth-order valence-corrected chi connectivity index (χ4v) is 5.70. The number of benzene rings is 3. The van der Waals surface area contributed by atoms with Gasteiger partial charge in [-0.1, -0.05) is 54.4 Å². The molecule has 2 heterocycles. The normalized spacial score (nSPS) is 21.7. The van der Waals surface area contributed by atoms with E-state index in [0.717, 1.165) is 12.0 Å². The van der Waals surface area contributed by atoms with E-state index in [4.69, 9.17) is 9.47 Å². The van der Waals surface area contributed by atoms with Crippen molar-refractivity contribution >= 4 is 17.6 Å². The fraction of sp³-hybridized carbons (Fsp3) is 0.375. The standard InChI is InChI=1S/C32H35N3O4/c1-21-12-14-22(15-13-21)16-17-33-30(36)24-8-4-9-25(18-24)35-31(37)34-27-19-32(35,2)39-29-26(27)10-5-11-28(29)38-20-23-6-3-7-23/h4-5,8-15,18,23,27H,3,6-7,16-17,19-20H2,1-2H3,(H,33,36)(H,34,37). The van der Waals surface area contributed by atoms with Crippen molar-refractivity contribution in [2.45, 2.75) is 57.7 Å². The third-order valence-electron chi connectivity index (χ3n) is 8.15. The average molecular weight is 526 g/mol. The van der Waals surface area contributed by atoms with Crippen molar-refractivity contribution in [3.8, 4) is 11.5 Å². The summed E-state index contributed by atoms with van der Waals surface area (Å²) in [6.45, 7) is 5.19. The van der Waals surface area contributed by atoms with Crippen LogP contribution < -0.4 is 25.0 Å². The van der Waals surface area contributed by atoms with Gasteiger partial charge in [0.15, 0.2) is 17.2 Å². The van der Waals surface area contributed by atoms with E-state index in [-0.39, 0.29) is 18.0 Å². The van der Waals surface area contributed by atoms with Gasteiger partial charge in [-0.2, -0.15) is 0 Å². The van der Waals surface area contributed by atoms with Crippen molar-refractivity contribution in [3.05, 3.63) is 89.0 Å². The smallest absolute Gasteiger partial charge is 0.325 e. The van der Waals surface area contributed by atoms with E-state index in [1.54, 1.807) is 23.1 Å². The molecule has 7 nitrogen and oxygen atoms in total. The van der Waals surface area contributed by atoms with Gasteiger partial charge in [-0.25, -0.2) is 4.79 Å². The van der Waals surface area contributed by atoms with Crippen molar-refractivity contribution in [1.29, 1.82) is 0 Å². The molecule has 3 aromatic rings. The van der Waals surface area contributed by atoms with Crippen molar-refractivity contribution in [3.63, 3.8) is 0 Å². The Morgan fingerprint density at radius 1 is 1.13 bits per heavy atom. The Morgan fingerprint density at radius 2 is 1.92 bits per heavy atom. The number of fused-ring (bicyclic) bond motifs is 4. The van der Waals surface area contributed by atoms with E-state index in [1.807, 2.05) is 31.2 Å². The monoisotopic (exact) mass is 525 g/mol. The molecule has 1 aliphatic carbocycles. The molecule has 1 saturated heterocycles. The first-order valence-corrected chi connectivity index (χ1v) is 13.9. The number of amides is 3. The minimum Gasteiger partial charge on any atom is -0.489 e. The van der Waals surface area contributed by atoms with Gasteiger partial charge in [0, 0.05) is 24.1 Å². The van der Waals surface area contributed by atoms with Crippen LogP contribution in [0.1, 0.15) is 65.7 Å². The summed E-state index contributed by atoms with van der Waals surface area (Å²) in [6.07, 6.45) is 5.00. The first-order chi connectivity index (χ1) is 18.9. The third kappa shape index (κ3) is 5.05. The number of para-hydroxylation sites is 1. The predicted octanol–water partition coefficient (Wildman–Crippen LogP) is 5.92. The van der Waals surface area contributed by atoms with Gasteiger partial charge < -0.3 is 20.1 Å². The van der Waals surface area contributed by atoms with Crippen LogP contribution in [0.4, 0.5) is 10.5 Å². The number of aryl methyl sites for hydroxylation is 1. The van der Waals surface area contributed by atoms with Gasteiger partial charge >= 0.3 is 6.03 Å². The van der Waals surface area contributed by atoms with E-state index < -0.39 is 5.72 Å². The van der Waals surface area contributed by atoms with Crippen LogP contribution in [0, 0.1) is 12.8 Å². The van der Waals surface area contributed by atoms with Gasteiger partial charge in [-0.15, -0.1) is 0 Å². The number of hydrogen-bond donors (Lipinski definition) is 2. The van der Waals surface area contributed by atoms with E-state index in [0.29, 0.717) is 48.2 Å². The summed E-state index contributed by atoms with van der Waals surface area (Å²) in [5, 5.41) is 6.15. The Bertz CT molecular complexity index is 1380. The minimum atomic E-state index is -0.934. The Balaban J connectivity index is 1.19. The molecule has 0 aromatic heterocycles. The number of rotatable bonds is 8. The van der Waals surface area contributed by atoms with Crippen LogP contribution in [0.3, 0.4) is 0 Å². The van der Waals surface area contributed by atoms with Crippen LogP contribution in [-0.2, 0) is 6.42 Å². The summed E-state index contributed by atoms with van der Waals surface area (Å²) in [6, 6.07) is 20.9. The molecule has 7 heteroatoms. The summed E-state index contributed by atoms with van der Waals surface area (Å²) in [5.41, 5.74) is 3.49. The maximum Gasteiger partial charge on any atom is 0.325 e. The lowest BCUT2D eigenvalue weighted by atomic mass is 9.86. The van der Waals surface area contributed by atoms with Crippen LogP contribution in [0.2, 0.25) is 0 Å². The Labute approximate surface area is 229 Å². The number of anilines is 1. The van der Waals surface area contributed by atoms with Crippen LogP contribution in [0.15, 0.2) is 66.7 Å². The van der Waals surface area contributed by atoms with Crippen molar-refractivity contribution < 1.29 is 19.1 Å². The second-order valence-electron chi connectivity index (χ2n) is 11.1. The molecule has 0 spiro atoms. The number of ether oxygens (including phenoxy) is 2. The second-order valence-corrected chi connectivity index (χ2v) is 11.1. The lowest BCUT2D eigenvalue weighted by Crippen LogP contribution is -2.65. The average Bonchev–Trinajstić information content (AvgIpc) is 2.89. The molecular formula is C32H35N3O4. The van der Waals surface area contributed by atoms with E-state index in [1.165, 1.54) is 30.4 Å². The molecule has 3 aliphatic rings.